The summed E-state index contributed by atoms with van der Waals surface area (Å²) in [7, 11) is 0. The first-order chi connectivity index (χ1) is 15.5. The second kappa shape index (κ2) is 10.4. The summed E-state index contributed by atoms with van der Waals surface area (Å²) in [6.45, 7) is 5.20. The van der Waals surface area contributed by atoms with Crippen molar-refractivity contribution in [3.8, 4) is 0 Å². The lowest BCUT2D eigenvalue weighted by Crippen LogP contribution is -2.28. The van der Waals surface area contributed by atoms with Gasteiger partial charge in [-0.3, -0.25) is 14.2 Å². The van der Waals surface area contributed by atoms with Crippen LogP contribution in [0.1, 0.15) is 29.3 Å². The lowest BCUT2D eigenvalue weighted by atomic mass is 10.1. The highest BCUT2D eigenvalue weighted by molar-refractivity contribution is 8.00. The summed E-state index contributed by atoms with van der Waals surface area (Å²) in [4.78, 5) is 31.3. The maximum atomic E-state index is 13.2. The van der Waals surface area contributed by atoms with Gasteiger partial charge in [0.15, 0.2) is 5.16 Å². The van der Waals surface area contributed by atoms with Gasteiger partial charge in [-0.15, -0.1) is 11.8 Å². The number of hydrogen-bond donors (Lipinski definition) is 1. The van der Waals surface area contributed by atoms with Crippen molar-refractivity contribution in [2.75, 3.05) is 5.75 Å². The molecule has 1 aliphatic rings. The molecular weight excluding hydrogens is 438 g/mol. The molecule has 7 heteroatoms. The molecular formula is C25H27N3O2S2. The lowest BCUT2D eigenvalue weighted by Gasteiger charge is -2.14. The standard InChI is InChI=1S/C25H27N3O2S2/c1-17-8-10-20(11-9-17)15-26-22(29)16-31-25-27-21-14-18(2)32-23(21)24(30)28(25)13-12-19-6-4-3-5-7-19/h3-11,18H,12-16H2,1-2H3,(H,26,29). The van der Waals surface area contributed by atoms with E-state index in [1.807, 2.05) is 49.4 Å². The number of rotatable bonds is 8. The van der Waals surface area contributed by atoms with Crippen LogP contribution in [0.3, 0.4) is 0 Å². The highest BCUT2D eigenvalue weighted by atomic mass is 32.2. The number of nitrogens with zero attached hydrogens (tertiary/aromatic N) is 2. The number of aromatic nitrogens is 2. The average Bonchev–Trinajstić information content (AvgIpc) is 3.18. The quantitative estimate of drug-likeness (QED) is 0.398. The Morgan fingerprint density at radius 3 is 2.66 bits per heavy atom. The van der Waals surface area contributed by atoms with Crippen LogP contribution in [0.2, 0.25) is 0 Å². The van der Waals surface area contributed by atoms with E-state index < -0.39 is 0 Å². The minimum Gasteiger partial charge on any atom is -0.351 e. The summed E-state index contributed by atoms with van der Waals surface area (Å²) in [6, 6.07) is 18.2. The lowest BCUT2D eigenvalue weighted by molar-refractivity contribution is -0.118. The number of nitrogens with one attached hydrogen (secondary N) is 1. The summed E-state index contributed by atoms with van der Waals surface area (Å²) in [5.74, 6) is 0.160. The van der Waals surface area contributed by atoms with Crippen LogP contribution in [0.25, 0.3) is 0 Å². The van der Waals surface area contributed by atoms with Crippen LogP contribution in [0.4, 0.5) is 0 Å². The molecule has 1 atom stereocenters. The largest absolute Gasteiger partial charge is 0.351 e. The summed E-state index contributed by atoms with van der Waals surface area (Å²) >= 11 is 2.95. The minimum atomic E-state index is -0.0670. The molecule has 1 aromatic heterocycles. The number of hydrogen-bond acceptors (Lipinski definition) is 5. The van der Waals surface area contributed by atoms with E-state index in [2.05, 4.69) is 24.4 Å². The zero-order chi connectivity index (χ0) is 22.5. The van der Waals surface area contributed by atoms with Crippen LogP contribution in [0, 0.1) is 6.92 Å². The van der Waals surface area contributed by atoms with Gasteiger partial charge in [0.2, 0.25) is 5.91 Å². The molecule has 3 aromatic rings. The van der Waals surface area contributed by atoms with E-state index in [-0.39, 0.29) is 17.2 Å². The van der Waals surface area contributed by atoms with E-state index in [1.165, 1.54) is 22.9 Å². The van der Waals surface area contributed by atoms with Crippen molar-refractivity contribution >= 4 is 29.4 Å². The van der Waals surface area contributed by atoms with E-state index in [0.717, 1.165) is 29.0 Å². The molecule has 0 radical (unpaired) electrons. The molecule has 0 saturated carbocycles. The maximum Gasteiger partial charge on any atom is 0.268 e. The van der Waals surface area contributed by atoms with Gasteiger partial charge < -0.3 is 5.32 Å². The summed E-state index contributed by atoms with van der Waals surface area (Å²) < 4.78 is 1.74. The van der Waals surface area contributed by atoms with E-state index in [4.69, 9.17) is 4.98 Å². The second-order valence-electron chi connectivity index (χ2n) is 8.05. The van der Waals surface area contributed by atoms with Gasteiger partial charge >= 0.3 is 0 Å². The fraction of sp³-hybridized carbons (Fsp3) is 0.320. The second-order valence-corrected chi connectivity index (χ2v) is 10.4. The molecule has 166 valence electrons. The highest BCUT2D eigenvalue weighted by Crippen LogP contribution is 2.34. The third kappa shape index (κ3) is 5.64. The molecule has 0 saturated heterocycles. The van der Waals surface area contributed by atoms with Crippen LogP contribution in [0.5, 0.6) is 0 Å². The Kier molecular flexibility index (Phi) is 7.37. The molecule has 0 bridgehead atoms. The zero-order valence-electron chi connectivity index (χ0n) is 18.3. The number of carbonyl (C=O) groups excluding carboxylic acids is 1. The topological polar surface area (TPSA) is 64.0 Å². The molecule has 2 heterocycles. The molecule has 0 fully saturated rings. The van der Waals surface area contributed by atoms with Crippen molar-refractivity contribution in [1.29, 1.82) is 0 Å². The average molecular weight is 466 g/mol. The third-order valence-electron chi connectivity index (χ3n) is 5.37. The number of thioether (sulfide) groups is 2. The maximum absolute atomic E-state index is 13.2. The molecule has 1 N–H and O–H groups in total. The zero-order valence-corrected chi connectivity index (χ0v) is 20.0. The first-order valence-corrected chi connectivity index (χ1v) is 12.7. The molecule has 2 aromatic carbocycles. The van der Waals surface area contributed by atoms with Gasteiger partial charge in [-0.2, -0.15) is 0 Å². The number of fused-ring (bicyclic) bond motifs is 1. The molecule has 5 nitrogen and oxygen atoms in total. The highest BCUT2D eigenvalue weighted by Gasteiger charge is 2.26. The summed E-state index contributed by atoms with van der Waals surface area (Å²) in [5, 5.41) is 3.94. The van der Waals surface area contributed by atoms with Gasteiger partial charge in [0.25, 0.3) is 5.56 Å². The van der Waals surface area contributed by atoms with Gasteiger partial charge in [0.1, 0.15) is 0 Å². The Morgan fingerprint density at radius 1 is 1.16 bits per heavy atom. The van der Waals surface area contributed by atoms with Crippen molar-refractivity contribution in [2.24, 2.45) is 0 Å². The van der Waals surface area contributed by atoms with E-state index >= 15 is 0 Å². The Hall–Kier alpha value is -2.51. The smallest absolute Gasteiger partial charge is 0.268 e. The Labute approximate surface area is 197 Å². The van der Waals surface area contributed by atoms with Gasteiger partial charge in [-0.1, -0.05) is 78.8 Å². The SMILES string of the molecule is Cc1ccc(CNC(=O)CSc2nc3c(c(=O)n2CCc2ccccc2)SC(C)C3)cc1. The van der Waals surface area contributed by atoms with E-state index in [9.17, 15) is 9.59 Å². The predicted octanol–water partition coefficient (Wildman–Crippen LogP) is 4.24. The molecule has 0 aliphatic carbocycles. The Balaban J connectivity index is 1.46. The van der Waals surface area contributed by atoms with Crippen LogP contribution in [-0.2, 0) is 30.7 Å². The van der Waals surface area contributed by atoms with Crippen molar-refractivity contribution in [3.63, 3.8) is 0 Å². The van der Waals surface area contributed by atoms with Crippen LogP contribution < -0.4 is 10.9 Å². The minimum absolute atomic E-state index is 0.0165. The molecule has 1 unspecified atom stereocenters. The fourth-order valence-electron chi connectivity index (χ4n) is 3.61. The Bertz CT molecular complexity index is 1140. The van der Waals surface area contributed by atoms with Crippen molar-refractivity contribution in [3.05, 3.63) is 87.3 Å². The fourth-order valence-corrected chi connectivity index (χ4v) is 5.60. The molecule has 1 amide bonds. The van der Waals surface area contributed by atoms with Crippen LogP contribution in [0.15, 0.2) is 69.4 Å². The Morgan fingerprint density at radius 2 is 1.91 bits per heavy atom. The van der Waals surface area contributed by atoms with Crippen LogP contribution in [-0.4, -0.2) is 26.5 Å². The molecule has 1 aliphatic heterocycles. The number of carbonyl (C=O) groups is 1. The van der Waals surface area contributed by atoms with Crippen LogP contribution >= 0.6 is 23.5 Å². The van der Waals surface area contributed by atoms with Gasteiger partial charge in [0, 0.05) is 24.8 Å². The van der Waals surface area contributed by atoms with Crippen molar-refractivity contribution < 1.29 is 4.79 Å². The van der Waals surface area contributed by atoms with Gasteiger partial charge in [-0.25, -0.2) is 4.98 Å². The third-order valence-corrected chi connectivity index (χ3v) is 7.56. The van der Waals surface area contributed by atoms with E-state index in [1.54, 1.807) is 16.3 Å². The monoisotopic (exact) mass is 465 g/mol. The van der Waals surface area contributed by atoms with Gasteiger partial charge in [0.05, 0.1) is 16.3 Å². The number of aryl methyl sites for hydroxylation is 2. The van der Waals surface area contributed by atoms with Crippen molar-refractivity contribution in [1.82, 2.24) is 14.9 Å². The van der Waals surface area contributed by atoms with E-state index in [0.29, 0.717) is 23.5 Å². The first kappa shape index (κ1) is 22.7. The molecule has 4 rings (SSSR count). The first-order valence-electron chi connectivity index (χ1n) is 10.8. The van der Waals surface area contributed by atoms with Gasteiger partial charge in [-0.05, 0) is 24.5 Å². The predicted molar refractivity (Wildman–Crippen MR) is 131 cm³/mol. The number of benzene rings is 2. The molecule has 0 spiro atoms. The summed E-state index contributed by atoms with van der Waals surface area (Å²) in [5.41, 5.74) is 4.32. The van der Waals surface area contributed by atoms with Crippen molar-refractivity contribution in [2.45, 2.75) is 55.1 Å². The molecule has 32 heavy (non-hydrogen) atoms. The number of amides is 1. The normalized spacial score (nSPS) is 14.9. The summed E-state index contributed by atoms with van der Waals surface area (Å²) in [6.07, 6.45) is 1.54.